The Morgan fingerprint density at radius 3 is 2.71 bits per heavy atom. The van der Waals surface area contributed by atoms with Crippen LogP contribution in [0, 0.1) is 0 Å². The molecule has 96 valence electrons. The Morgan fingerprint density at radius 2 is 2.06 bits per heavy atom. The fourth-order valence-electron chi connectivity index (χ4n) is 1.44. The van der Waals surface area contributed by atoms with Crippen molar-refractivity contribution in [2.75, 3.05) is 26.0 Å². The average molecular weight is 259 g/mol. The maximum absolute atomic E-state index is 11.3. The molecule has 0 saturated carbocycles. The first-order chi connectivity index (χ1) is 8.09. The molecule has 0 atom stereocenters. The highest BCUT2D eigenvalue weighted by Gasteiger charge is 2.09. The number of hydrogen-bond donors (Lipinski definition) is 2. The van der Waals surface area contributed by atoms with E-state index in [2.05, 4.69) is 4.72 Å². The van der Waals surface area contributed by atoms with Gasteiger partial charge in [-0.25, -0.2) is 13.1 Å². The first kappa shape index (κ1) is 14.0. The standard InChI is InChI=1S/C11H17NO4S/c1-16-11-5-3-2-4-10(11)6-7-12-17(14,15)9-8-13/h2-5,12-13H,6-9H2,1H3. The molecule has 1 aromatic carbocycles. The summed E-state index contributed by atoms with van der Waals surface area (Å²) in [5, 5.41) is 8.56. The van der Waals surface area contributed by atoms with E-state index in [4.69, 9.17) is 9.84 Å². The molecule has 17 heavy (non-hydrogen) atoms. The largest absolute Gasteiger partial charge is 0.496 e. The van der Waals surface area contributed by atoms with Crippen molar-refractivity contribution in [3.63, 3.8) is 0 Å². The van der Waals surface area contributed by atoms with Gasteiger partial charge in [0.2, 0.25) is 10.0 Å². The lowest BCUT2D eigenvalue weighted by Gasteiger charge is -2.08. The molecular weight excluding hydrogens is 242 g/mol. The number of benzene rings is 1. The minimum atomic E-state index is -3.36. The lowest BCUT2D eigenvalue weighted by Crippen LogP contribution is -2.29. The van der Waals surface area contributed by atoms with Gasteiger partial charge in [-0.1, -0.05) is 18.2 Å². The average Bonchev–Trinajstić information content (AvgIpc) is 2.29. The van der Waals surface area contributed by atoms with Crippen molar-refractivity contribution in [2.24, 2.45) is 0 Å². The van der Waals surface area contributed by atoms with Gasteiger partial charge in [0.05, 0.1) is 19.5 Å². The zero-order valence-corrected chi connectivity index (χ0v) is 10.5. The van der Waals surface area contributed by atoms with Gasteiger partial charge in [0, 0.05) is 6.54 Å². The van der Waals surface area contributed by atoms with Gasteiger partial charge >= 0.3 is 0 Å². The second-order valence-electron chi connectivity index (χ2n) is 3.50. The molecule has 1 aromatic rings. The van der Waals surface area contributed by atoms with Crippen molar-refractivity contribution < 1.29 is 18.3 Å². The van der Waals surface area contributed by atoms with Crippen LogP contribution in [0.15, 0.2) is 24.3 Å². The Kier molecular flexibility index (Phi) is 5.40. The van der Waals surface area contributed by atoms with E-state index in [-0.39, 0.29) is 12.4 Å². The lowest BCUT2D eigenvalue weighted by molar-refractivity contribution is 0.319. The molecule has 0 bridgehead atoms. The molecule has 0 aliphatic carbocycles. The Labute approximate surface area is 101 Å². The third-order valence-corrected chi connectivity index (χ3v) is 3.63. The van der Waals surface area contributed by atoms with Crippen LogP contribution in [0.2, 0.25) is 0 Å². The van der Waals surface area contributed by atoms with Gasteiger partial charge in [-0.05, 0) is 18.1 Å². The number of nitrogens with one attached hydrogen (secondary N) is 1. The molecule has 5 nitrogen and oxygen atoms in total. The Bertz CT molecular complexity index is 445. The van der Waals surface area contributed by atoms with Crippen LogP contribution >= 0.6 is 0 Å². The summed E-state index contributed by atoms with van der Waals surface area (Å²) in [4.78, 5) is 0. The van der Waals surface area contributed by atoms with Crippen LogP contribution in [-0.4, -0.2) is 39.5 Å². The van der Waals surface area contributed by atoms with Gasteiger partial charge in [-0.3, -0.25) is 0 Å². The van der Waals surface area contributed by atoms with Crippen LogP contribution < -0.4 is 9.46 Å². The summed E-state index contributed by atoms with van der Waals surface area (Å²) in [6.45, 7) is -0.0767. The van der Waals surface area contributed by atoms with Gasteiger partial charge in [0.15, 0.2) is 0 Å². The summed E-state index contributed by atoms with van der Waals surface area (Å²) >= 11 is 0. The normalized spacial score (nSPS) is 11.4. The highest BCUT2D eigenvalue weighted by Crippen LogP contribution is 2.17. The first-order valence-electron chi connectivity index (χ1n) is 5.29. The van der Waals surface area contributed by atoms with E-state index in [1.165, 1.54) is 0 Å². The van der Waals surface area contributed by atoms with E-state index in [0.29, 0.717) is 13.0 Å². The van der Waals surface area contributed by atoms with Crippen molar-refractivity contribution in [1.29, 1.82) is 0 Å². The zero-order valence-electron chi connectivity index (χ0n) is 9.72. The Morgan fingerprint density at radius 1 is 1.35 bits per heavy atom. The first-order valence-corrected chi connectivity index (χ1v) is 6.94. The molecule has 0 unspecified atom stereocenters. The third-order valence-electron chi connectivity index (χ3n) is 2.27. The smallest absolute Gasteiger partial charge is 0.213 e. The highest BCUT2D eigenvalue weighted by molar-refractivity contribution is 7.89. The van der Waals surface area contributed by atoms with Crippen molar-refractivity contribution >= 4 is 10.0 Å². The van der Waals surface area contributed by atoms with E-state index in [1.807, 2.05) is 24.3 Å². The number of hydrogen-bond acceptors (Lipinski definition) is 4. The van der Waals surface area contributed by atoms with E-state index < -0.39 is 10.0 Å². The van der Waals surface area contributed by atoms with Crippen LogP contribution in [0.5, 0.6) is 5.75 Å². The van der Waals surface area contributed by atoms with Crippen molar-refractivity contribution in [2.45, 2.75) is 6.42 Å². The zero-order chi connectivity index (χ0) is 12.7. The molecule has 0 aromatic heterocycles. The van der Waals surface area contributed by atoms with Crippen LogP contribution in [0.25, 0.3) is 0 Å². The topological polar surface area (TPSA) is 75.6 Å². The van der Waals surface area contributed by atoms with Crippen LogP contribution in [0.3, 0.4) is 0 Å². The predicted octanol–water partition coefficient (Wildman–Crippen LogP) is 0.149. The van der Waals surface area contributed by atoms with Gasteiger partial charge in [0.25, 0.3) is 0 Å². The van der Waals surface area contributed by atoms with Gasteiger partial charge in [-0.2, -0.15) is 0 Å². The number of aliphatic hydroxyl groups excluding tert-OH is 1. The van der Waals surface area contributed by atoms with E-state index >= 15 is 0 Å². The van der Waals surface area contributed by atoms with Gasteiger partial charge < -0.3 is 9.84 Å². The molecule has 0 aliphatic heterocycles. The Balaban J connectivity index is 2.51. The van der Waals surface area contributed by atoms with Crippen LogP contribution in [-0.2, 0) is 16.4 Å². The molecule has 0 aliphatic rings. The van der Waals surface area contributed by atoms with E-state index in [1.54, 1.807) is 7.11 Å². The lowest BCUT2D eigenvalue weighted by atomic mass is 10.1. The summed E-state index contributed by atoms with van der Waals surface area (Å²) in [7, 11) is -1.78. The monoisotopic (exact) mass is 259 g/mol. The second-order valence-corrected chi connectivity index (χ2v) is 5.43. The molecule has 0 fully saturated rings. The fourth-order valence-corrected chi connectivity index (χ4v) is 2.24. The number of ether oxygens (including phenoxy) is 1. The summed E-state index contributed by atoms with van der Waals surface area (Å²) in [5.41, 5.74) is 0.946. The molecular formula is C11H17NO4S. The molecule has 0 amide bonds. The van der Waals surface area contributed by atoms with Crippen LogP contribution in [0.1, 0.15) is 5.56 Å². The molecule has 1 rings (SSSR count). The third kappa shape index (κ3) is 4.72. The van der Waals surface area contributed by atoms with E-state index in [0.717, 1.165) is 11.3 Å². The quantitative estimate of drug-likeness (QED) is 0.731. The van der Waals surface area contributed by atoms with E-state index in [9.17, 15) is 8.42 Å². The molecule has 2 N–H and O–H groups in total. The fraction of sp³-hybridized carbons (Fsp3) is 0.455. The van der Waals surface area contributed by atoms with Crippen molar-refractivity contribution in [1.82, 2.24) is 4.72 Å². The van der Waals surface area contributed by atoms with Crippen LogP contribution in [0.4, 0.5) is 0 Å². The summed E-state index contributed by atoms with van der Waals surface area (Å²) in [6, 6.07) is 7.45. The maximum atomic E-state index is 11.3. The van der Waals surface area contributed by atoms with Gasteiger partial charge in [0.1, 0.15) is 5.75 Å². The predicted molar refractivity (Wildman–Crippen MR) is 65.6 cm³/mol. The highest BCUT2D eigenvalue weighted by atomic mass is 32.2. The molecule has 0 saturated heterocycles. The number of para-hydroxylation sites is 1. The Hall–Kier alpha value is -1.11. The van der Waals surface area contributed by atoms with Crippen molar-refractivity contribution in [3.8, 4) is 5.75 Å². The van der Waals surface area contributed by atoms with Gasteiger partial charge in [-0.15, -0.1) is 0 Å². The SMILES string of the molecule is COc1ccccc1CCNS(=O)(=O)CCO. The number of aliphatic hydroxyl groups is 1. The molecule has 0 heterocycles. The number of methoxy groups -OCH3 is 1. The van der Waals surface area contributed by atoms with Crippen molar-refractivity contribution in [3.05, 3.63) is 29.8 Å². The second kappa shape index (κ2) is 6.58. The summed E-state index contributed by atoms with van der Waals surface area (Å²) < 4.78 is 30.1. The summed E-state index contributed by atoms with van der Waals surface area (Å²) in [6.07, 6.45) is 0.550. The molecule has 0 radical (unpaired) electrons. The number of rotatable bonds is 7. The molecule has 0 spiro atoms. The minimum absolute atomic E-state index is 0.265. The maximum Gasteiger partial charge on any atom is 0.213 e. The summed E-state index contributed by atoms with van der Waals surface area (Å²) in [5.74, 6) is 0.479. The minimum Gasteiger partial charge on any atom is -0.496 e. The number of sulfonamides is 1. The molecule has 6 heteroatoms.